The molecule has 3 heterocycles. The second-order valence-corrected chi connectivity index (χ2v) is 7.68. The maximum Gasteiger partial charge on any atom is 0.490 e. The van der Waals surface area contributed by atoms with Gasteiger partial charge >= 0.3 is 24.3 Å². The Hall–Kier alpha value is -3.29. The van der Waals surface area contributed by atoms with E-state index in [0.717, 1.165) is 43.7 Å². The summed E-state index contributed by atoms with van der Waals surface area (Å²) in [6, 6.07) is 4.05. The van der Waals surface area contributed by atoms with Crippen molar-refractivity contribution in [3.63, 3.8) is 0 Å². The minimum Gasteiger partial charge on any atom is -0.475 e. The molecule has 2 aromatic heterocycles. The Morgan fingerprint density at radius 1 is 0.943 bits per heavy atom. The number of hydrogen-bond donors (Lipinski definition) is 2. The Morgan fingerprint density at radius 2 is 1.43 bits per heavy atom. The Morgan fingerprint density at radius 3 is 1.89 bits per heavy atom. The number of carboxylic acids is 2. The summed E-state index contributed by atoms with van der Waals surface area (Å²) in [6.07, 6.45) is -2.77. The number of carboxylic acid groups (broad SMARTS) is 2. The molecule has 1 aliphatic heterocycles. The zero-order valence-electron chi connectivity index (χ0n) is 18.8. The molecule has 8 nitrogen and oxygen atoms in total. The van der Waals surface area contributed by atoms with E-state index in [4.69, 9.17) is 19.8 Å². The van der Waals surface area contributed by atoms with Gasteiger partial charge in [0, 0.05) is 55.3 Å². The molecule has 0 radical (unpaired) electrons. The average Bonchev–Trinajstić information content (AvgIpc) is 2.96. The lowest BCUT2D eigenvalue weighted by molar-refractivity contribution is -0.193. The lowest BCUT2D eigenvalue weighted by Gasteiger charge is -2.21. The van der Waals surface area contributed by atoms with Gasteiger partial charge in [-0.15, -0.1) is 0 Å². The van der Waals surface area contributed by atoms with Gasteiger partial charge in [-0.3, -0.25) is 4.98 Å². The number of rotatable bonds is 3. The third-order valence-electron chi connectivity index (χ3n) is 4.44. The molecule has 0 amide bonds. The van der Waals surface area contributed by atoms with Crippen molar-refractivity contribution in [1.82, 2.24) is 19.9 Å². The Bertz CT molecular complexity index is 945. The number of carbonyl (C=O) groups is 2. The van der Waals surface area contributed by atoms with Crippen molar-refractivity contribution in [1.29, 1.82) is 0 Å². The highest BCUT2D eigenvalue weighted by molar-refractivity contribution is 5.73. The van der Waals surface area contributed by atoms with Crippen LogP contribution < -0.4 is 0 Å². The van der Waals surface area contributed by atoms with Crippen molar-refractivity contribution in [3.8, 4) is 11.3 Å². The van der Waals surface area contributed by atoms with Crippen molar-refractivity contribution in [3.05, 3.63) is 42.1 Å². The summed E-state index contributed by atoms with van der Waals surface area (Å²) in [4.78, 5) is 33.5. The largest absolute Gasteiger partial charge is 0.490 e. The fourth-order valence-electron chi connectivity index (χ4n) is 3.03. The molecule has 0 fully saturated rings. The van der Waals surface area contributed by atoms with Gasteiger partial charge in [0.25, 0.3) is 0 Å². The van der Waals surface area contributed by atoms with Gasteiger partial charge in [-0.05, 0) is 24.5 Å². The summed E-state index contributed by atoms with van der Waals surface area (Å²) < 4.78 is 63.5. The summed E-state index contributed by atoms with van der Waals surface area (Å²) in [5.41, 5.74) is 4.74. The van der Waals surface area contributed by atoms with Gasteiger partial charge < -0.3 is 15.1 Å². The third-order valence-corrected chi connectivity index (χ3v) is 4.44. The first-order valence-electron chi connectivity index (χ1n) is 10.2. The van der Waals surface area contributed by atoms with Gasteiger partial charge in [-0.25, -0.2) is 19.6 Å². The molecular weight excluding hydrogens is 486 g/mol. The van der Waals surface area contributed by atoms with Crippen LogP contribution in [0, 0.1) is 5.92 Å². The molecule has 2 aromatic rings. The molecule has 1 aliphatic rings. The SMILES string of the molecule is CC(C)CN1CCc2ncnc(-c3ccncc3)c2CC1.O=C(O)C(F)(F)F.O=C(O)C(F)(F)F. The quantitative estimate of drug-likeness (QED) is 0.598. The highest BCUT2D eigenvalue weighted by Gasteiger charge is 2.38. The molecule has 0 aliphatic carbocycles. The topological polar surface area (TPSA) is 117 Å². The second-order valence-electron chi connectivity index (χ2n) is 7.68. The van der Waals surface area contributed by atoms with E-state index in [-0.39, 0.29) is 0 Å². The van der Waals surface area contributed by atoms with E-state index >= 15 is 0 Å². The van der Waals surface area contributed by atoms with Crippen LogP contribution >= 0.6 is 0 Å². The Balaban J connectivity index is 0.000000362. The van der Waals surface area contributed by atoms with Crippen LogP contribution in [0.4, 0.5) is 26.3 Å². The van der Waals surface area contributed by atoms with Gasteiger partial charge in [0.05, 0.1) is 5.69 Å². The molecule has 3 rings (SSSR count). The van der Waals surface area contributed by atoms with Crippen LogP contribution in [0.15, 0.2) is 30.9 Å². The van der Waals surface area contributed by atoms with Gasteiger partial charge in [0.15, 0.2) is 0 Å². The zero-order chi connectivity index (χ0) is 26.8. The number of nitrogens with zero attached hydrogens (tertiary/aromatic N) is 4. The average molecular weight is 510 g/mol. The summed E-state index contributed by atoms with van der Waals surface area (Å²) in [5, 5.41) is 14.2. The summed E-state index contributed by atoms with van der Waals surface area (Å²) in [7, 11) is 0. The summed E-state index contributed by atoms with van der Waals surface area (Å²) >= 11 is 0. The number of alkyl halides is 6. The molecule has 0 bridgehead atoms. The first-order valence-corrected chi connectivity index (χ1v) is 10.2. The van der Waals surface area contributed by atoms with E-state index in [1.54, 1.807) is 6.33 Å². The number of halogens is 6. The maximum atomic E-state index is 10.6. The molecule has 2 N–H and O–H groups in total. The van der Waals surface area contributed by atoms with E-state index in [1.807, 2.05) is 24.5 Å². The third kappa shape index (κ3) is 10.7. The van der Waals surface area contributed by atoms with Gasteiger partial charge in [0.1, 0.15) is 6.33 Å². The number of fused-ring (bicyclic) bond motifs is 1. The van der Waals surface area contributed by atoms with Crippen LogP contribution in [0.1, 0.15) is 25.1 Å². The number of aliphatic carboxylic acids is 2. The first-order chi connectivity index (χ1) is 16.1. The molecule has 14 heteroatoms. The Kier molecular flexibility index (Phi) is 11.0. The van der Waals surface area contributed by atoms with Crippen molar-refractivity contribution in [2.24, 2.45) is 5.92 Å². The van der Waals surface area contributed by atoms with Gasteiger partial charge in [0.2, 0.25) is 0 Å². The molecule has 0 saturated carbocycles. The van der Waals surface area contributed by atoms with Crippen LogP contribution in [0.2, 0.25) is 0 Å². The zero-order valence-corrected chi connectivity index (χ0v) is 18.8. The minimum atomic E-state index is -5.08. The van der Waals surface area contributed by atoms with Crippen molar-refractivity contribution >= 4 is 11.9 Å². The van der Waals surface area contributed by atoms with Crippen molar-refractivity contribution < 1.29 is 46.1 Å². The molecule has 0 unspecified atom stereocenters. The van der Waals surface area contributed by atoms with Crippen LogP contribution in [-0.4, -0.2) is 74.0 Å². The number of pyridine rings is 1. The van der Waals surface area contributed by atoms with E-state index in [2.05, 4.69) is 33.7 Å². The molecule has 0 atom stereocenters. The fraction of sp³-hybridized carbons (Fsp3) is 0.476. The van der Waals surface area contributed by atoms with Crippen LogP contribution in [0.25, 0.3) is 11.3 Å². The normalized spacial score (nSPS) is 14.0. The van der Waals surface area contributed by atoms with Gasteiger partial charge in [-0.1, -0.05) is 13.8 Å². The predicted molar refractivity (Wildman–Crippen MR) is 111 cm³/mol. The minimum absolute atomic E-state index is 0.706. The lowest BCUT2D eigenvalue weighted by Crippen LogP contribution is -2.30. The van der Waals surface area contributed by atoms with Crippen molar-refractivity contribution in [2.45, 2.75) is 39.0 Å². The maximum absolute atomic E-state index is 10.6. The molecule has 0 spiro atoms. The molecular formula is C21H24F6N4O4. The molecule has 35 heavy (non-hydrogen) atoms. The van der Waals surface area contributed by atoms with E-state index in [0.29, 0.717) is 5.92 Å². The first kappa shape index (κ1) is 29.7. The number of aromatic nitrogens is 3. The highest BCUT2D eigenvalue weighted by atomic mass is 19.4. The monoisotopic (exact) mass is 510 g/mol. The standard InChI is InChI=1S/C17H22N4.2C2HF3O2/c1-13(2)11-21-9-5-15-16(6-10-21)19-12-20-17(15)14-3-7-18-8-4-14;2*3-2(4,5)1(6)7/h3-4,7-8,12-13H,5-6,9-11H2,1-2H3;2*(H,6,7). The van der Waals surface area contributed by atoms with E-state index < -0.39 is 24.3 Å². The predicted octanol–water partition coefficient (Wildman–Crippen LogP) is 3.86. The van der Waals surface area contributed by atoms with Gasteiger partial charge in [-0.2, -0.15) is 26.3 Å². The number of hydrogen-bond acceptors (Lipinski definition) is 6. The van der Waals surface area contributed by atoms with Crippen LogP contribution in [0.5, 0.6) is 0 Å². The summed E-state index contributed by atoms with van der Waals surface area (Å²) in [6.45, 7) is 7.90. The Labute approximate surface area is 196 Å². The highest BCUT2D eigenvalue weighted by Crippen LogP contribution is 2.25. The van der Waals surface area contributed by atoms with E-state index in [1.165, 1.54) is 11.3 Å². The smallest absolute Gasteiger partial charge is 0.475 e. The van der Waals surface area contributed by atoms with Crippen LogP contribution in [0.3, 0.4) is 0 Å². The second kappa shape index (κ2) is 13.0. The molecule has 194 valence electrons. The summed E-state index contributed by atoms with van der Waals surface area (Å²) in [5.74, 6) is -4.81. The van der Waals surface area contributed by atoms with Crippen molar-refractivity contribution in [2.75, 3.05) is 19.6 Å². The molecule has 0 aromatic carbocycles. The molecule has 0 saturated heterocycles. The fourth-order valence-corrected chi connectivity index (χ4v) is 3.03. The van der Waals surface area contributed by atoms with Crippen LogP contribution in [-0.2, 0) is 22.4 Å². The lowest BCUT2D eigenvalue weighted by atomic mass is 10.0. The van der Waals surface area contributed by atoms with E-state index in [9.17, 15) is 26.3 Å².